The van der Waals surface area contributed by atoms with Gasteiger partial charge in [0.15, 0.2) is 5.96 Å². The zero-order chi connectivity index (χ0) is 16.2. The van der Waals surface area contributed by atoms with Crippen molar-refractivity contribution in [2.45, 2.75) is 19.3 Å². The van der Waals surface area contributed by atoms with Crippen LogP contribution in [0.25, 0.3) is 0 Å². The van der Waals surface area contributed by atoms with Gasteiger partial charge in [-0.2, -0.15) is 0 Å². The van der Waals surface area contributed by atoms with Crippen molar-refractivity contribution in [3.05, 3.63) is 30.1 Å². The second-order valence-corrected chi connectivity index (χ2v) is 5.65. The van der Waals surface area contributed by atoms with E-state index in [0.717, 1.165) is 70.4 Å². The average molecular weight is 320 g/mol. The summed E-state index contributed by atoms with van der Waals surface area (Å²) in [5.41, 5.74) is 1.08. The third kappa shape index (κ3) is 7.43. The Kier molecular flexibility index (Phi) is 8.43. The van der Waals surface area contributed by atoms with E-state index in [9.17, 15) is 0 Å². The van der Waals surface area contributed by atoms with Crippen molar-refractivity contribution in [3.63, 3.8) is 0 Å². The van der Waals surface area contributed by atoms with Crippen LogP contribution in [0.2, 0.25) is 0 Å². The normalized spacial score (nSPS) is 18.1. The van der Waals surface area contributed by atoms with Crippen molar-refractivity contribution in [3.8, 4) is 0 Å². The van der Waals surface area contributed by atoms with E-state index < -0.39 is 0 Å². The highest BCUT2D eigenvalue weighted by molar-refractivity contribution is 5.79. The molecule has 0 bridgehead atoms. The average Bonchev–Trinajstić information content (AvgIpc) is 3.10. The van der Waals surface area contributed by atoms with Crippen molar-refractivity contribution < 1.29 is 9.47 Å². The highest BCUT2D eigenvalue weighted by Gasteiger charge is 2.15. The zero-order valence-corrected chi connectivity index (χ0v) is 14.0. The molecule has 1 atom stereocenters. The first kappa shape index (κ1) is 17.7. The molecule has 0 aromatic carbocycles. The third-order valence-corrected chi connectivity index (χ3v) is 3.76. The van der Waals surface area contributed by atoms with Crippen LogP contribution in [0.1, 0.15) is 18.5 Å². The topological polar surface area (TPSA) is 67.8 Å². The van der Waals surface area contributed by atoms with E-state index in [0.29, 0.717) is 5.92 Å². The molecule has 0 amide bonds. The Morgan fingerprint density at radius 2 is 2.30 bits per heavy atom. The smallest absolute Gasteiger partial charge is 0.190 e. The molecular formula is C17H28N4O2. The van der Waals surface area contributed by atoms with Crippen molar-refractivity contribution >= 4 is 5.96 Å². The molecule has 128 valence electrons. The second-order valence-electron chi connectivity index (χ2n) is 5.65. The molecule has 2 rings (SSSR count). The fraction of sp³-hybridized carbons (Fsp3) is 0.647. The van der Waals surface area contributed by atoms with Crippen LogP contribution in [-0.2, 0) is 15.9 Å². The van der Waals surface area contributed by atoms with Crippen LogP contribution in [0.5, 0.6) is 0 Å². The third-order valence-electron chi connectivity index (χ3n) is 3.76. The summed E-state index contributed by atoms with van der Waals surface area (Å²) in [4.78, 5) is 8.52. The summed E-state index contributed by atoms with van der Waals surface area (Å²) in [5, 5.41) is 6.59. The first-order valence-electron chi connectivity index (χ1n) is 8.38. The molecule has 0 aliphatic carbocycles. The van der Waals surface area contributed by atoms with Gasteiger partial charge in [0.2, 0.25) is 0 Å². The van der Waals surface area contributed by atoms with E-state index in [1.54, 1.807) is 7.05 Å². The number of hydrogen-bond acceptors (Lipinski definition) is 4. The largest absolute Gasteiger partial charge is 0.381 e. The maximum Gasteiger partial charge on any atom is 0.190 e. The molecule has 1 aliphatic heterocycles. The molecule has 1 saturated heterocycles. The number of aliphatic imine (C=N–C) groups is 1. The van der Waals surface area contributed by atoms with Gasteiger partial charge in [-0.15, -0.1) is 0 Å². The van der Waals surface area contributed by atoms with Crippen molar-refractivity contribution in [1.29, 1.82) is 0 Å². The molecule has 2 N–H and O–H groups in total. The van der Waals surface area contributed by atoms with Crippen LogP contribution in [0.3, 0.4) is 0 Å². The van der Waals surface area contributed by atoms with Gasteiger partial charge in [-0.25, -0.2) is 0 Å². The molecule has 0 spiro atoms. The lowest BCUT2D eigenvalue weighted by atomic mass is 10.1. The molecule has 6 heteroatoms. The Bertz CT molecular complexity index is 447. The lowest BCUT2D eigenvalue weighted by Crippen LogP contribution is -2.39. The van der Waals surface area contributed by atoms with Gasteiger partial charge in [-0.1, -0.05) is 6.07 Å². The molecule has 1 fully saturated rings. The van der Waals surface area contributed by atoms with Gasteiger partial charge in [-0.3, -0.25) is 9.98 Å². The summed E-state index contributed by atoms with van der Waals surface area (Å²) in [6.45, 7) is 4.99. The maximum atomic E-state index is 5.68. The number of hydrogen-bond donors (Lipinski definition) is 2. The van der Waals surface area contributed by atoms with Gasteiger partial charge in [0.05, 0.1) is 13.2 Å². The predicted molar refractivity (Wildman–Crippen MR) is 91.7 cm³/mol. The maximum absolute atomic E-state index is 5.68. The van der Waals surface area contributed by atoms with E-state index in [4.69, 9.17) is 9.47 Å². The molecule has 1 aromatic heterocycles. The summed E-state index contributed by atoms with van der Waals surface area (Å²) < 4.78 is 11.0. The molecule has 1 unspecified atom stereocenters. The van der Waals surface area contributed by atoms with Gasteiger partial charge in [-0.05, 0) is 25.0 Å². The van der Waals surface area contributed by atoms with Crippen LogP contribution in [0.15, 0.2) is 29.4 Å². The zero-order valence-electron chi connectivity index (χ0n) is 14.0. The standard InChI is InChI=1S/C17H28N4O2/c1-18-17(21-10-6-16-5-2-3-8-19-16)20-9-4-11-22-13-15-7-12-23-14-15/h2-3,5,8,15H,4,6-7,9-14H2,1H3,(H2,18,20,21). The number of pyridine rings is 1. The molecule has 23 heavy (non-hydrogen) atoms. The van der Waals surface area contributed by atoms with E-state index in [1.165, 1.54) is 0 Å². The molecule has 0 saturated carbocycles. The van der Waals surface area contributed by atoms with E-state index in [-0.39, 0.29) is 0 Å². The Morgan fingerprint density at radius 3 is 3.04 bits per heavy atom. The lowest BCUT2D eigenvalue weighted by molar-refractivity contribution is 0.0888. The highest BCUT2D eigenvalue weighted by atomic mass is 16.5. The summed E-state index contributed by atoms with van der Waals surface area (Å²) in [5.74, 6) is 1.41. The number of rotatable bonds is 9. The van der Waals surface area contributed by atoms with Crippen molar-refractivity contribution in [2.24, 2.45) is 10.9 Å². The van der Waals surface area contributed by atoms with Crippen LogP contribution in [0.4, 0.5) is 0 Å². The number of nitrogens with zero attached hydrogens (tertiary/aromatic N) is 2. The molecule has 1 aliphatic rings. The van der Waals surface area contributed by atoms with E-state index in [2.05, 4.69) is 20.6 Å². The number of guanidine groups is 1. The summed E-state index contributed by atoms with van der Waals surface area (Å²) in [6, 6.07) is 5.97. The lowest BCUT2D eigenvalue weighted by Gasteiger charge is -2.12. The van der Waals surface area contributed by atoms with Crippen LogP contribution in [0, 0.1) is 5.92 Å². The van der Waals surface area contributed by atoms with Gasteiger partial charge in [0, 0.05) is 57.6 Å². The summed E-state index contributed by atoms with van der Waals surface area (Å²) in [7, 11) is 1.78. The minimum Gasteiger partial charge on any atom is -0.381 e. The molecule has 1 aromatic rings. The number of ether oxygens (including phenoxy) is 2. The van der Waals surface area contributed by atoms with Gasteiger partial charge < -0.3 is 20.1 Å². The van der Waals surface area contributed by atoms with Gasteiger partial charge >= 0.3 is 0 Å². The van der Waals surface area contributed by atoms with Gasteiger partial charge in [0.1, 0.15) is 0 Å². The SMILES string of the molecule is CN=C(NCCCOCC1CCOC1)NCCc1ccccn1. The first-order chi connectivity index (χ1) is 11.4. The number of aromatic nitrogens is 1. The fourth-order valence-corrected chi connectivity index (χ4v) is 2.42. The second kappa shape index (κ2) is 11.0. The van der Waals surface area contributed by atoms with E-state index in [1.807, 2.05) is 24.4 Å². The number of nitrogens with one attached hydrogen (secondary N) is 2. The van der Waals surface area contributed by atoms with Gasteiger partial charge in [0.25, 0.3) is 0 Å². The summed E-state index contributed by atoms with van der Waals surface area (Å²) >= 11 is 0. The predicted octanol–water partition coefficient (Wildman–Crippen LogP) is 1.23. The van der Waals surface area contributed by atoms with Crippen LogP contribution < -0.4 is 10.6 Å². The summed E-state index contributed by atoms with van der Waals surface area (Å²) in [6.07, 6.45) is 4.80. The van der Waals surface area contributed by atoms with Crippen LogP contribution >= 0.6 is 0 Å². The minimum absolute atomic E-state index is 0.587. The molecular weight excluding hydrogens is 292 g/mol. The van der Waals surface area contributed by atoms with Crippen LogP contribution in [-0.4, -0.2) is 57.5 Å². The highest BCUT2D eigenvalue weighted by Crippen LogP contribution is 2.12. The molecule has 2 heterocycles. The monoisotopic (exact) mass is 320 g/mol. The van der Waals surface area contributed by atoms with Crippen molar-refractivity contribution in [2.75, 3.05) is 46.6 Å². The van der Waals surface area contributed by atoms with Crippen molar-refractivity contribution in [1.82, 2.24) is 15.6 Å². The Labute approximate surface area is 138 Å². The van der Waals surface area contributed by atoms with E-state index >= 15 is 0 Å². The minimum atomic E-state index is 0.587. The molecule has 0 radical (unpaired) electrons. The Morgan fingerprint density at radius 1 is 1.39 bits per heavy atom. The Balaban J connectivity index is 1.47. The fourth-order valence-electron chi connectivity index (χ4n) is 2.42. The Hall–Kier alpha value is -1.66. The quantitative estimate of drug-likeness (QED) is 0.407. The first-order valence-corrected chi connectivity index (χ1v) is 8.38. The molecule has 6 nitrogen and oxygen atoms in total.